The summed E-state index contributed by atoms with van der Waals surface area (Å²) in [6.07, 6.45) is 1.52. The Labute approximate surface area is 160 Å². The number of rotatable bonds is 3. The number of nitrogens with zero attached hydrogens (tertiary/aromatic N) is 1. The molecule has 3 rings (SSSR count). The van der Waals surface area contributed by atoms with E-state index < -0.39 is 0 Å². The first-order valence-electron chi connectivity index (χ1n) is 9.42. The Morgan fingerprint density at radius 1 is 0.926 bits per heavy atom. The van der Waals surface area contributed by atoms with E-state index >= 15 is 0 Å². The highest BCUT2D eigenvalue weighted by Crippen LogP contribution is 2.17. The van der Waals surface area contributed by atoms with Crippen LogP contribution in [0.15, 0.2) is 42.5 Å². The van der Waals surface area contributed by atoms with Gasteiger partial charge in [0.15, 0.2) is 0 Å². The summed E-state index contributed by atoms with van der Waals surface area (Å²) in [4.78, 5) is 26.7. The van der Waals surface area contributed by atoms with Gasteiger partial charge in [0.25, 0.3) is 5.91 Å². The van der Waals surface area contributed by atoms with E-state index in [4.69, 9.17) is 0 Å². The third-order valence-electron chi connectivity index (χ3n) is 4.87. The number of urea groups is 1. The SMILES string of the molecule is Cc1cc(C)cc(NC(=O)N2CCC(NC(=O)c3cccc(C)c3)CC2)c1. The van der Waals surface area contributed by atoms with Gasteiger partial charge in [-0.25, -0.2) is 4.79 Å². The Bertz CT molecular complexity index is 819. The van der Waals surface area contributed by atoms with E-state index in [0.717, 1.165) is 35.2 Å². The van der Waals surface area contributed by atoms with E-state index in [1.165, 1.54) is 0 Å². The molecule has 0 aliphatic carbocycles. The third kappa shape index (κ3) is 5.09. The molecule has 0 saturated carbocycles. The van der Waals surface area contributed by atoms with Gasteiger partial charge in [-0.3, -0.25) is 4.79 Å². The molecule has 0 unspecified atom stereocenters. The summed E-state index contributed by atoms with van der Waals surface area (Å²) in [5.41, 5.74) is 4.84. The summed E-state index contributed by atoms with van der Waals surface area (Å²) >= 11 is 0. The number of carbonyl (C=O) groups is 2. The monoisotopic (exact) mass is 365 g/mol. The van der Waals surface area contributed by atoms with Gasteiger partial charge in [-0.2, -0.15) is 0 Å². The number of amides is 3. The van der Waals surface area contributed by atoms with Crippen molar-refractivity contribution >= 4 is 17.6 Å². The number of hydrogen-bond donors (Lipinski definition) is 2. The number of aryl methyl sites for hydroxylation is 3. The molecule has 1 heterocycles. The minimum atomic E-state index is -0.0801. The number of carbonyl (C=O) groups excluding carboxylic acids is 2. The topological polar surface area (TPSA) is 61.4 Å². The van der Waals surface area contributed by atoms with Gasteiger partial charge in [0.05, 0.1) is 0 Å². The Balaban J connectivity index is 1.51. The van der Waals surface area contributed by atoms with Crippen LogP contribution in [0, 0.1) is 20.8 Å². The molecule has 2 aromatic rings. The van der Waals surface area contributed by atoms with Crippen LogP contribution in [0.4, 0.5) is 10.5 Å². The molecule has 0 aromatic heterocycles. The fourth-order valence-corrected chi connectivity index (χ4v) is 3.53. The fourth-order valence-electron chi connectivity index (χ4n) is 3.53. The van der Waals surface area contributed by atoms with Crippen molar-refractivity contribution in [3.63, 3.8) is 0 Å². The summed E-state index contributed by atoms with van der Waals surface area (Å²) in [6, 6.07) is 13.6. The number of benzene rings is 2. The van der Waals surface area contributed by atoms with Gasteiger partial charge in [0.1, 0.15) is 0 Å². The van der Waals surface area contributed by atoms with E-state index in [1.807, 2.05) is 62.1 Å². The Morgan fingerprint density at radius 3 is 2.22 bits per heavy atom. The number of hydrogen-bond acceptors (Lipinski definition) is 2. The molecular formula is C22H27N3O2. The Kier molecular flexibility index (Phi) is 5.79. The molecule has 0 spiro atoms. The van der Waals surface area contributed by atoms with E-state index in [2.05, 4.69) is 16.7 Å². The minimum Gasteiger partial charge on any atom is -0.349 e. The average Bonchev–Trinajstić information content (AvgIpc) is 2.61. The molecule has 1 fully saturated rings. The van der Waals surface area contributed by atoms with E-state index in [9.17, 15) is 9.59 Å². The maximum absolute atomic E-state index is 12.5. The van der Waals surface area contributed by atoms with Crippen LogP contribution in [-0.2, 0) is 0 Å². The van der Waals surface area contributed by atoms with Crippen molar-refractivity contribution in [1.29, 1.82) is 0 Å². The molecule has 27 heavy (non-hydrogen) atoms. The molecule has 5 nitrogen and oxygen atoms in total. The van der Waals surface area contributed by atoms with Crippen LogP contribution in [0.25, 0.3) is 0 Å². The Hall–Kier alpha value is -2.82. The number of likely N-dealkylation sites (tertiary alicyclic amines) is 1. The highest BCUT2D eigenvalue weighted by Gasteiger charge is 2.24. The largest absolute Gasteiger partial charge is 0.349 e. The molecule has 2 N–H and O–H groups in total. The van der Waals surface area contributed by atoms with E-state index in [1.54, 1.807) is 0 Å². The first kappa shape index (κ1) is 19.0. The molecule has 2 aromatic carbocycles. The van der Waals surface area contributed by atoms with Crippen molar-refractivity contribution in [2.24, 2.45) is 0 Å². The highest BCUT2D eigenvalue weighted by molar-refractivity contribution is 5.94. The lowest BCUT2D eigenvalue weighted by Gasteiger charge is -2.32. The van der Waals surface area contributed by atoms with Gasteiger partial charge in [-0.1, -0.05) is 23.8 Å². The molecule has 1 aliphatic heterocycles. The summed E-state index contributed by atoms with van der Waals surface area (Å²) in [5, 5.41) is 6.07. The summed E-state index contributed by atoms with van der Waals surface area (Å²) in [5.74, 6) is -0.0446. The van der Waals surface area contributed by atoms with Crippen molar-refractivity contribution in [3.8, 4) is 0 Å². The lowest BCUT2D eigenvalue weighted by Crippen LogP contribution is -2.47. The molecule has 0 bridgehead atoms. The van der Waals surface area contributed by atoms with Crippen LogP contribution in [-0.4, -0.2) is 36.0 Å². The number of anilines is 1. The second-order valence-electron chi connectivity index (χ2n) is 7.41. The molecule has 1 saturated heterocycles. The zero-order valence-corrected chi connectivity index (χ0v) is 16.2. The predicted octanol–water partition coefficient (Wildman–Crippen LogP) is 4.04. The van der Waals surface area contributed by atoms with Gasteiger partial charge in [-0.05, 0) is 69.0 Å². The number of piperidine rings is 1. The minimum absolute atomic E-state index is 0.0446. The lowest BCUT2D eigenvalue weighted by molar-refractivity contribution is 0.0919. The zero-order valence-electron chi connectivity index (χ0n) is 16.2. The summed E-state index contributed by atoms with van der Waals surface area (Å²) < 4.78 is 0. The van der Waals surface area contributed by atoms with Crippen molar-refractivity contribution in [2.75, 3.05) is 18.4 Å². The first-order chi connectivity index (χ1) is 12.9. The quantitative estimate of drug-likeness (QED) is 0.862. The molecule has 0 atom stereocenters. The van der Waals surface area contributed by atoms with Crippen LogP contribution < -0.4 is 10.6 Å². The summed E-state index contributed by atoms with van der Waals surface area (Å²) in [7, 11) is 0. The van der Waals surface area contributed by atoms with Crippen LogP contribution in [0.2, 0.25) is 0 Å². The molecule has 0 radical (unpaired) electrons. The van der Waals surface area contributed by atoms with Gasteiger partial charge in [0, 0.05) is 30.4 Å². The smallest absolute Gasteiger partial charge is 0.321 e. The van der Waals surface area contributed by atoms with E-state index in [0.29, 0.717) is 18.7 Å². The zero-order chi connectivity index (χ0) is 19.4. The highest BCUT2D eigenvalue weighted by atomic mass is 16.2. The van der Waals surface area contributed by atoms with Crippen molar-refractivity contribution < 1.29 is 9.59 Å². The molecular weight excluding hydrogens is 338 g/mol. The van der Waals surface area contributed by atoms with Gasteiger partial charge < -0.3 is 15.5 Å². The van der Waals surface area contributed by atoms with Crippen molar-refractivity contribution in [3.05, 3.63) is 64.7 Å². The lowest BCUT2D eigenvalue weighted by atomic mass is 10.0. The second kappa shape index (κ2) is 8.25. The molecule has 3 amide bonds. The average molecular weight is 365 g/mol. The number of nitrogens with one attached hydrogen (secondary N) is 2. The predicted molar refractivity (Wildman–Crippen MR) is 108 cm³/mol. The van der Waals surface area contributed by atoms with Gasteiger partial charge in [0.2, 0.25) is 0 Å². The van der Waals surface area contributed by atoms with Crippen LogP contribution in [0.3, 0.4) is 0 Å². The second-order valence-corrected chi connectivity index (χ2v) is 7.41. The third-order valence-corrected chi connectivity index (χ3v) is 4.87. The van der Waals surface area contributed by atoms with Crippen molar-refractivity contribution in [1.82, 2.24) is 10.2 Å². The van der Waals surface area contributed by atoms with E-state index in [-0.39, 0.29) is 18.0 Å². The maximum Gasteiger partial charge on any atom is 0.321 e. The van der Waals surface area contributed by atoms with Gasteiger partial charge in [-0.15, -0.1) is 0 Å². The molecule has 1 aliphatic rings. The molecule has 5 heteroatoms. The molecule has 142 valence electrons. The standard InChI is InChI=1S/C22H27N3O2/c1-15-5-4-6-18(12-15)21(26)23-19-7-9-25(10-8-19)22(27)24-20-13-16(2)11-17(3)14-20/h4-6,11-14,19H,7-10H2,1-3H3,(H,23,26)(H,24,27). The van der Waals surface area contributed by atoms with Crippen LogP contribution in [0.1, 0.15) is 39.9 Å². The maximum atomic E-state index is 12.5. The van der Waals surface area contributed by atoms with Crippen molar-refractivity contribution in [2.45, 2.75) is 39.7 Å². The van der Waals surface area contributed by atoms with Crippen LogP contribution in [0.5, 0.6) is 0 Å². The normalized spacial score (nSPS) is 14.7. The Morgan fingerprint density at radius 2 is 1.59 bits per heavy atom. The van der Waals surface area contributed by atoms with Crippen LogP contribution >= 0.6 is 0 Å². The summed E-state index contributed by atoms with van der Waals surface area (Å²) in [6.45, 7) is 7.28. The van der Waals surface area contributed by atoms with Gasteiger partial charge >= 0.3 is 6.03 Å². The first-order valence-corrected chi connectivity index (χ1v) is 9.42. The fraction of sp³-hybridized carbons (Fsp3) is 0.364.